The number of benzene rings is 8. The quantitative estimate of drug-likeness (QED) is 0.160. The molecule has 2 nitrogen and oxygen atoms in total. The minimum absolute atomic E-state index is 0.109. The van der Waals surface area contributed by atoms with Crippen LogP contribution in [-0.2, 0) is 0 Å². The van der Waals surface area contributed by atoms with Crippen LogP contribution in [0.3, 0.4) is 0 Å². The highest BCUT2D eigenvalue weighted by Gasteiger charge is 2.19. The van der Waals surface area contributed by atoms with Crippen molar-refractivity contribution in [2.45, 2.75) is 0 Å². The molecule has 0 spiro atoms. The first-order valence-electron chi connectivity index (χ1n) is 22.2. The van der Waals surface area contributed by atoms with Crippen LogP contribution in [0, 0.1) is 0 Å². The summed E-state index contributed by atoms with van der Waals surface area (Å²) in [6.07, 6.45) is 0. The van der Waals surface area contributed by atoms with Gasteiger partial charge in [0, 0.05) is 32.7 Å². The zero-order chi connectivity index (χ0) is 43.8. The van der Waals surface area contributed by atoms with Gasteiger partial charge in [0.25, 0.3) is 0 Å². The van der Waals surface area contributed by atoms with Gasteiger partial charge in [-0.2, -0.15) is 0 Å². The fraction of sp³-hybridized carbons (Fsp3) is 0. The van der Waals surface area contributed by atoms with E-state index in [4.69, 9.17) is 13.7 Å². The fourth-order valence-electron chi connectivity index (χ4n) is 7.15. The van der Waals surface area contributed by atoms with Gasteiger partial charge in [0.05, 0.1) is 24.7 Å². The Balaban J connectivity index is 1.11. The number of anilines is 3. The fourth-order valence-corrected chi connectivity index (χ4v) is 8.19. The molecule has 0 aliphatic rings. The zero-order valence-corrected chi connectivity index (χ0v) is 29.0. The van der Waals surface area contributed by atoms with Crippen LogP contribution >= 0.6 is 11.3 Å². The summed E-state index contributed by atoms with van der Waals surface area (Å²) in [6, 6.07) is 44.6. The summed E-state index contributed by atoms with van der Waals surface area (Å²) >= 11 is 1.58. The standard InChI is InChI=1S/C50H34N2S/c1-4-12-35(13-5-1)37-20-26-42(27-21-37)51(43-28-22-38(23-29-43)36-14-6-2-7-15-36)49-33-32-48(53-49)40-25-30-46-45(34-40)50-44-19-11-10-16-39(44)24-31-47(50)52(46)41-17-8-3-9-18-41/h1-34H/i1D,2D,4D,5D,6D,7D,12D,13D,14D,15D. The van der Waals surface area contributed by atoms with Gasteiger partial charge in [-0.05, 0) is 105 Å². The molecule has 0 unspecified atom stereocenters. The first-order valence-corrected chi connectivity index (χ1v) is 18.0. The SMILES string of the molecule is [2H]c1c([2H])c([2H])c(-c2ccc(N(c3ccc(-c4c([2H])c([2H])c([2H])c([2H])c4[2H])cc3)c3ccc(-c4ccc5c(c4)c4c6ccccc6ccc4n5-c4ccccc4)s3)cc2)c([2H])c1[2H]. The summed E-state index contributed by atoms with van der Waals surface area (Å²) in [6.45, 7) is 0. The van der Waals surface area contributed by atoms with E-state index in [9.17, 15) is 0 Å². The molecule has 0 atom stereocenters. The number of para-hydroxylation sites is 1. The molecule has 0 aliphatic heterocycles. The second-order valence-corrected chi connectivity index (χ2v) is 13.7. The van der Waals surface area contributed by atoms with Crippen molar-refractivity contribution < 1.29 is 13.7 Å². The molecule has 2 aromatic heterocycles. The molecule has 0 saturated heterocycles. The van der Waals surface area contributed by atoms with Crippen LogP contribution in [0.2, 0.25) is 0 Å². The van der Waals surface area contributed by atoms with Gasteiger partial charge in [-0.3, -0.25) is 0 Å². The predicted molar refractivity (Wildman–Crippen MR) is 227 cm³/mol. The first-order chi connectivity index (χ1) is 30.4. The molecule has 10 aromatic rings. The van der Waals surface area contributed by atoms with Crippen molar-refractivity contribution >= 4 is 60.3 Å². The van der Waals surface area contributed by atoms with Gasteiger partial charge < -0.3 is 9.47 Å². The first kappa shape index (κ1) is 22.3. The van der Waals surface area contributed by atoms with Crippen LogP contribution in [0.4, 0.5) is 16.4 Å². The Labute approximate surface area is 327 Å². The van der Waals surface area contributed by atoms with E-state index >= 15 is 0 Å². The number of hydrogen-bond acceptors (Lipinski definition) is 2. The van der Waals surface area contributed by atoms with Crippen molar-refractivity contribution in [1.29, 1.82) is 0 Å². The lowest BCUT2D eigenvalue weighted by Gasteiger charge is -2.24. The number of nitrogens with zero attached hydrogens (tertiary/aromatic N) is 2. The lowest BCUT2D eigenvalue weighted by atomic mass is 10.0. The van der Waals surface area contributed by atoms with E-state index in [1.165, 1.54) is 10.8 Å². The van der Waals surface area contributed by atoms with Crippen LogP contribution in [0.25, 0.3) is 71.0 Å². The molecule has 0 fully saturated rings. The van der Waals surface area contributed by atoms with E-state index in [2.05, 4.69) is 77.4 Å². The lowest BCUT2D eigenvalue weighted by Crippen LogP contribution is -2.08. The molecule has 0 amide bonds. The van der Waals surface area contributed by atoms with Gasteiger partial charge >= 0.3 is 0 Å². The Hall–Kier alpha value is -6.68. The maximum Gasteiger partial charge on any atom is 0.101 e. The highest BCUT2D eigenvalue weighted by atomic mass is 32.1. The van der Waals surface area contributed by atoms with Crippen molar-refractivity contribution in [2.75, 3.05) is 4.90 Å². The normalized spacial score (nSPS) is 14.0. The Morgan fingerprint density at radius 3 is 1.70 bits per heavy atom. The van der Waals surface area contributed by atoms with Gasteiger partial charge in [-0.15, -0.1) is 11.3 Å². The number of fused-ring (bicyclic) bond motifs is 5. The van der Waals surface area contributed by atoms with Crippen LogP contribution in [0.5, 0.6) is 0 Å². The number of aromatic nitrogens is 1. The molecule has 10 rings (SSSR count). The molecule has 0 bridgehead atoms. The Morgan fingerprint density at radius 1 is 0.453 bits per heavy atom. The average Bonchev–Trinajstić information content (AvgIpc) is 3.93. The molecule has 0 N–H and O–H groups in total. The summed E-state index contributed by atoms with van der Waals surface area (Å²) in [5.41, 5.74) is 6.92. The van der Waals surface area contributed by atoms with Gasteiger partial charge in [-0.25, -0.2) is 0 Å². The third-order valence-corrected chi connectivity index (χ3v) is 10.7. The van der Waals surface area contributed by atoms with Crippen molar-refractivity contribution in [3.63, 3.8) is 0 Å². The summed E-state index contributed by atoms with van der Waals surface area (Å²) in [5, 5.41) is 5.48. The Bertz CT molecular complexity index is 3280. The highest BCUT2D eigenvalue weighted by Crippen LogP contribution is 2.44. The van der Waals surface area contributed by atoms with Gasteiger partial charge in [0.1, 0.15) is 5.00 Å². The summed E-state index contributed by atoms with van der Waals surface area (Å²) in [7, 11) is 0. The smallest absolute Gasteiger partial charge is 0.101 e. The third kappa shape index (κ3) is 5.59. The second-order valence-electron chi connectivity index (χ2n) is 12.7. The summed E-state index contributed by atoms with van der Waals surface area (Å²) < 4.78 is 85.6. The van der Waals surface area contributed by atoms with Crippen molar-refractivity contribution in [3.8, 4) is 38.4 Å². The minimum Gasteiger partial charge on any atom is -0.309 e. The molecule has 0 saturated carbocycles. The van der Waals surface area contributed by atoms with Crippen LogP contribution in [0.15, 0.2) is 206 Å². The highest BCUT2D eigenvalue weighted by molar-refractivity contribution is 7.19. The monoisotopic (exact) mass is 704 g/mol. The minimum atomic E-state index is -0.452. The predicted octanol–water partition coefficient (Wildman–Crippen LogP) is 14.5. The second kappa shape index (κ2) is 13.1. The third-order valence-electron chi connectivity index (χ3n) is 9.59. The Kier molecular flexibility index (Phi) is 5.53. The van der Waals surface area contributed by atoms with Gasteiger partial charge in [0.15, 0.2) is 0 Å². The molecule has 2 heterocycles. The number of hydrogen-bond donors (Lipinski definition) is 0. The molecule has 3 heteroatoms. The Morgan fingerprint density at radius 2 is 1.04 bits per heavy atom. The van der Waals surface area contributed by atoms with Crippen LogP contribution < -0.4 is 4.90 Å². The molecule has 0 radical (unpaired) electrons. The molecule has 250 valence electrons. The van der Waals surface area contributed by atoms with E-state index < -0.39 is 36.3 Å². The van der Waals surface area contributed by atoms with Gasteiger partial charge in [-0.1, -0.05) is 139 Å². The largest absolute Gasteiger partial charge is 0.309 e. The number of rotatable bonds is 7. The average molecular weight is 705 g/mol. The van der Waals surface area contributed by atoms with Crippen LogP contribution in [0.1, 0.15) is 13.7 Å². The maximum atomic E-state index is 8.56. The molecular formula is C50H34N2S. The van der Waals surface area contributed by atoms with Crippen molar-refractivity contribution in [3.05, 3.63) is 206 Å². The van der Waals surface area contributed by atoms with E-state index in [-0.39, 0.29) is 35.3 Å². The van der Waals surface area contributed by atoms with E-state index in [0.29, 0.717) is 11.1 Å². The van der Waals surface area contributed by atoms with Crippen LogP contribution in [-0.4, -0.2) is 4.57 Å². The molecule has 0 aliphatic carbocycles. The van der Waals surface area contributed by atoms with Gasteiger partial charge in [0.2, 0.25) is 0 Å². The topological polar surface area (TPSA) is 8.17 Å². The zero-order valence-electron chi connectivity index (χ0n) is 38.2. The summed E-state index contributed by atoms with van der Waals surface area (Å²) in [5.74, 6) is 0. The van der Waals surface area contributed by atoms with E-state index in [0.717, 1.165) is 54.3 Å². The van der Waals surface area contributed by atoms with E-state index in [1.54, 1.807) is 35.6 Å². The van der Waals surface area contributed by atoms with Crippen molar-refractivity contribution in [2.24, 2.45) is 0 Å². The lowest BCUT2D eigenvalue weighted by molar-refractivity contribution is 1.18. The molecular weight excluding hydrogens is 661 g/mol. The maximum absolute atomic E-state index is 8.56. The molecule has 8 aromatic carbocycles. The number of thiophene rings is 1. The van der Waals surface area contributed by atoms with E-state index in [1.807, 2.05) is 53.4 Å². The van der Waals surface area contributed by atoms with Crippen molar-refractivity contribution in [1.82, 2.24) is 4.57 Å². The summed E-state index contributed by atoms with van der Waals surface area (Å²) in [4.78, 5) is 3.06. The molecule has 53 heavy (non-hydrogen) atoms.